The Balaban J connectivity index is 1.69. The lowest BCUT2D eigenvalue weighted by molar-refractivity contribution is -0.120. The van der Waals surface area contributed by atoms with Crippen LogP contribution in [0.4, 0.5) is 5.69 Å². The molecular formula is C16H19NO3. The number of ether oxygens (including phenoxy) is 2. The molecule has 3 rings (SSSR count). The van der Waals surface area contributed by atoms with Gasteiger partial charge in [-0.1, -0.05) is 12.2 Å². The van der Waals surface area contributed by atoms with Gasteiger partial charge in [-0.2, -0.15) is 0 Å². The molecule has 1 aromatic rings. The first-order valence-electron chi connectivity index (χ1n) is 7.18. The number of hydrogen-bond acceptors (Lipinski definition) is 3. The number of nitrogens with one attached hydrogen (secondary N) is 1. The van der Waals surface area contributed by atoms with Crippen molar-refractivity contribution < 1.29 is 14.3 Å². The van der Waals surface area contributed by atoms with Gasteiger partial charge in [0.15, 0.2) is 11.5 Å². The smallest absolute Gasteiger partial charge is 0.227 e. The summed E-state index contributed by atoms with van der Waals surface area (Å²) in [6.45, 7) is 1.32. The third-order valence-corrected chi connectivity index (χ3v) is 3.65. The van der Waals surface area contributed by atoms with E-state index in [9.17, 15) is 4.79 Å². The SMILES string of the molecule is O=C(Nc1ccc2c(c1)OCCCO2)C1CC=CCC1. The summed E-state index contributed by atoms with van der Waals surface area (Å²) in [6.07, 6.45) is 7.84. The van der Waals surface area contributed by atoms with Crippen molar-refractivity contribution in [3.63, 3.8) is 0 Å². The Morgan fingerprint density at radius 3 is 2.80 bits per heavy atom. The van der Waals surface area contributed by atoms with E-state index >= 15 is 0 Å². The average Bonchev–Trinajstić information content (AvgIpc) is 2.73. The van der Waals surface area contributed by atoms with Crippen molar-refractivity contribution in [3.8, 4) is 11.5 Å². The Morgan fingerprint density at radius 2 is 2.00 bits per heavy atom. The van der Waals surface area contributed by atoms with E-state index in [0.717, 1.165) is 37.1 Å². The van der Waals surface area contributed by atoms with E-state index in [1.807, 2.05) is 18.2 Å². The standard InChI is InChI=1S/C16H19NO3/c18-16(12-5-2-1-3-6-12)17-13-7-8-14-15(11-13)20-10-4-9-19-14/h1-2,7-8,11-12H,3-6,9-10H2,(H,17,18). The highest BCUT2D eigenvalue weighted by atomic mass is 16.5. The first-order valence-corrected chi connectivity index (χ1v) is 7.18. The predicted molar refractivity (Wildman–Crippen MR) is 77.2 cm³/mol. The van der Waals surface area contributed by atoms with Gasteiger partial charge in [0.2, 0.25) is 5.91 Å². The van der Waals surface area contributed by atoms with Crippen LogP contribution in [0.5, 0.6) is 11.5 Å². The molecule has 1 aliphatic heterocycles. The Labute approximate surface area is 118 Å². The summed E-state index contributed by atoms with van der Waals surface area (Å²) in [5.74, 6) is 1.63. The minimum atomic E-state index is 0.0796. The Morgan fingerprint density at radius 1 is 1.15 bits per heavy atom. The zero-order valence-corrected chi connectivity index (χ0v) is 11.4. The Bertz CT molecular complexity index is 524. The zero-order valence-electron chi connectivity index (χ0n) is 11.4. The number of allylic oxidation sites excluding steroid dienone is 2. The van der Waals surface area contributed by atoms with Crippen molar-refractivity contribution in [2.24, 2.45) is 5.92 Å². The van der Waals surface area contributed by atoms with Crippen LogP contribution in [0.1, 0.15) is 25.7 Å². The summed E-state index contributed by atoms with van der Waals surface area (Å²) in [7, 11) is 0. The quantitative estimate of drug-likeness (QED) is 0.842. The summed E-state index contributed by atoms with van der Waals surface area (Å²) in [5, 5.41) is 2.97. The monoisotopic (exact) mass is 273 g/mol. The number of fused-ring (bicyclic) bond motifs is 1. The summed E-state index contributed by atoms with van der Waals surface area (Å²) < 4.78 is 11.2. The number of carbonyl (C=O) groups excluding carboxylic acids is 1. The molecule has 0 spiro atoms. The second kappa shape index (κ2) is 5.99. The lowest BCUT2D eigenvalue weighted by Gasteiger charge is -2.17. The van der Waals surface area contributed by atoms with Gasteiger partial charge in [0.25, 0.3) is 0 Å². The summed E-state index contributed by atoms with van der Waals surface area (Å²) in [5.41, 5.74) is 0.772. The van der Waals surface area contributed by atoms with Gasteiger partial charge in [0.05, 0.1) is 13.2 Å². The van der Waals surface area contributed by atoms with Crippen molar-refractivity contribution >= 4 is 11.6 Å². The molecular weight excluding hydrogens is 254 g/mol. The second-order valence-corrected chi connectivity index (χ2v) is 5.18. The molecule has 0 fully saturated rings. The average molecular weight is 273 g/mol. The van der Waals surface area contributed by atoms with E-state index < -0.39 is 0 Å². The molecule has 20 heavy (non-hydrogen) atoms. The lowest BCUT2D eigenvalue weighted by atomic mass is 9.93. The number of anilines is 1. The molecule has 0 aromatic heterocycles. The van der Waals surface area contributed by atoms with Crippen LogP contribution in [-0.4, -0.2) is 19.1 Å². The molecule has 0 radical (unpaired) electrons. The third kappa shape index (κ3) is 2.95. The van der Waals surface area contributed by atoms with E-state index in [4.69, 9.17) is 9.47 Å². The van der Waals surface area contributed by atoms with Crippen LogP contribution in [-0.2, 0) is 4.79 Å². The van der Waals surface area contributed by atoms with Crippen LogP contribution in [0.2, 0.25) is 0 Å². The molecule has 1 aromatic carbocycles. The second-order valence-electron chi connectivity index (χ2n) is 5.18. The van der Waals surface area contributed by atoms with Crippen molar-refractivity contribution in [2.45, 2.75) is 25.7 Å². The van der Waals surface area contributed by atoms with Crippen molar-refractivity contribution in [2.75, 3.05) is 18.5 Å². The van der Waals surface area contributed by atoms with Gasteiger partial charge in [-0.15, -0.1) is 0 Å². The molecule has 1 atom stereocenters. The molecule has 1 heterocycles. The van der Waals surface area contributed by atoms with Gasteiger partial charge in [-0.05, 0) is 31.4 Å². The molecule has 1 N–H and O–H groups in total. The summed E-state index contributed by atoms with van der Waals surface area (Å²) in [4.78, 5) is 12.2. The fraction of sp³-hybridized carbons (Fsp3) is 0.438. The van der Waals surface area contributed by atoms with Crippen molar-refractivity contribution in [1.82, 2.24) is 0 Å². The molecule has 1 aliphatic carbocycles. The number of hydrogen-bond donors (Lipinski definition) is 1. The summed E-state index contributed by atoms with van der Waals surface area (Å²) in [6, 6.07) is 5.57. The molecule has 2 aliphatic rings. The molecule has 1 amide bonds. The van der Waals surface area contributed by atoms with Gasteiger partial charge < -0.3 is 14.8 Å². The van der Waals surface area contributed by atoms with Gasteiger partial charge in [0.1, 0.15) is 0 Å². The molecule has 4 heteroatoms. The topological polar surface area (TPSA) is 47.6 Å². The van der Waals surface area contributed by atoms with E-state index in [1.54, 1.807) is 0 Å². The van der Waals surface area contributed by atoms with E-state index in [1.165, 1.54) is 0 Å². The maximum atomic E-state index is 12.2. The minimum Gasteiger partial charge on any atom is -0.490 e. The van der Waals surface area contributed by atoms with Crippen molar-refractivity contribution in [3.05, 3.63) is 30.4 Å². The minimum absolute atomic E-state index is 0.0796. The Kier molecular flexibility index (Phi) is 3.90. The molecule has 106 valence electrons. The lowest BCUT2D eigenvalue weighted by Crippen LogP contribution is -2.23. The Hall–Kier alpha value is -1.97. The number of carbonyl (C=O) groups is 1. The highest BCUT2D eigenvalue weighted by Crippen LogP contribution is 2.32. The fourth-order valence-electron chi connectivity index (χ4n) is 2.52. The predicted octanol–water partition coefficient (Wildman–Crippen LogP) is 3.14. The van der Waals surface area contributed by atoms with Crippen LogP contribution >= 0.6 is 0 Å². The number of rotatable bonds is 2. The largest absolute Gasteiger partial charge is 0.490 e. The van der Waals surface area contributed by atoms with E-state index in [-0.39, 0.29) is 11.8 Å². The number of benzene rings is 1. The van der Waals surface area contributed by atoms with E-state index in [2.05, 4.69) is 17.5 Å². The third-order valence-electron chi connectivity index (χ3n) is 3.65. The van der Waals surface area contributed by atoms with Crippen LogP contribution in [0.15, 0.2) is 30.4 Å². The maximum absolute atomic E-state index is 12.2. The highest BCUT2D eigenvalue weighted by molar-refractivity contribution is 5.93. The highest BCUT2D eigenvalue weighted by Gasteiger charge is 2.19. The van der Waals surface area contributed by atoms with Gasteiger partial charge in [-0.25, -0.2) is 0 Å². The molecule has 0 bridgehead atoms. The zero-order chi connectivity index (χ0) is 13.8. The van der Waals surface area contributed by atoms with Gasteiger partial charge >= 0.3 is 0 Å². The fourth-order valence-corrected chi connectivity index (χ4v) is 2.52. The van der Waals surface area contributed by atoms with E-state index in [0.29, 0.717) is 19.0 Å². The van der Waals surface area contributed by atoms with Crippen molar-refractivity contribution in [1.29, 1.82) is 0 Å². The molecule has 0 saturated heterocycles. The maximum Gasteiger partial charge on any atom is 0.227 e. The summed E-state index contributed by atoms with van der Waals surface area (Å²) >= 11 is 0. The molecule has 0 saturated carbocycles. The van der Waals surface area contributed by atoms with Gasteiger partial charge in [-0.3, -0.25) is 4.79 Å². The van der Waals surface area contributed by atoms with Crippen LogP contribution in [0.3, 0.4) is 0 Å². The van der Waals surface area contributed by atoms with Crippen LogP contribution in [0, 0.1) is 5.92 Å². The first-order chi connectivity index (χ1) is 9.83. The number of amides is 1. The molecule has 4 nitrogen and oxygen atoms in total. The normalized spacial score (nSPS) is 21.1. The molecule has 1 unspecified atom stereocenters. The first kappa shape index (κ1) is 13.0. The van der Waals surface area contributed by atoms with Crippen LogP contribution in [0.25, 0.3) is 0 Å². The van der Waals surface area contributed by atoms with Crippen LogP contribution < -0.4 is 14.8 Å². The van der Waals surface area contributed by atoms with Gasteiger partial charge in [0, 0.05) is 24.1 Å².